The van der Waals surface area contributed by atoms with E-state index in [0.717, 1.165) is 30.3 Å². The van der Waals surface area contributed by atoms with Crippen LogP contribution in [0.15, 0.2) is 12.3 Å². The van der Waals surface area contributed by atoms with Crippen LogP contribution in [0.5, 0.6) is 5.75 Å². The zero-order chi connectivity index (χ0) is 12.5. The first kappa shape index (κ1) is 11.5. The van der Waals surface area contributed by atoms with Crippen LogP contribution in [0.25, 0.3) is 5.65 Å². The van der Waals surface area contributed by atoms with Gasteiger partial charge in [-0.3, -0.25) is 0 Å². The van der Waals surface area contributed by atoms with Crippen molar-refractivity contribution in [1.29, 1.82) is 0 Å². The van der Waals surface area contributed by atoms with E-state index in [1.54, 1.807) is 7.11 Å². The largest absolute Gasteiger partial charge is 0.493 e. The Bertz CT molecular complexity index is 557. The number of ether oxygens (including phenoxy) is 1. The maximum absolute atomic E-state index is 5.43. The summed E-state index contributed by atoms with van der Waals surface area (Å²) in [5.41, 5.74) is 2.10. The smallest absolute Gasteiger partial charge is 0.198 e. The second-order valence-corrected chi connectivity index (χ2v) is 4.79. The van der Waals surface area contributed by atoms with Crippen molar-refractivity contribution >= 4 is 5.65 Å². The summed E-state index contributed by atoms with van der Waals surface area (Å²) >= 11 is 0. The molecule has 5 heteroatoms. The number of fused-ring (bicyclic) bond motifs is 1. The number of aryl methyl sites for hydroxylation is 1. The monoisotopic (exact) mass is 246 g/mol. The zero-order valence-corrected chi connectivity index (χ0v) is 10.8. The summed E-state index contributed by atoms with van der Waals surface area (Å²) in [6, 6.07) is 2.11. The van der Waals surface area contributed by atoms with Gasteiger partial charge in [-0.2, -0.15) is 5.10 Å². The van der Waals surface area contributed by atoms with Gasteiger partial charge < -0.3 is 10.1 Å². The van der Waals surface area contributed by atoms with Gasteiger partial charge in [0.05, 0.1) is 7.11 Å². The highest BCUT2D eigenvalue weighted by Crippen LogP contribution is 2.29. The molecule has 1 aliphatic rings. The Balaban J connectivity index is 2.06. The number of hydrogen-bond donors (Lipinski definition) is 1. The fourth-order valence-corrected chi connectivity index (χ4v) is 2.61. The summed E-state index contributed by atoms with van der Waals surface area (Å²) in [6.07, 6.45) is 4.43. The molecule has 0 atom stereocenters. The van der Waals surface area contributed by atoms with Crippen molar-refractivity contribution in [3.05, 3.63) is 23.7 Å². The molecule has 0 radical (unpaired) electrons. The first-order valence-electron chi connectivity index (χ1n) is 6.39. The van der Waals surface area contributed by atoms with Crippen LogP contribution in [0.2, 0.25) is 0 Å². The van der Waals surface area contributed by atoms with Crippen LogP contribution < -0.4 is 10.1 Å². The Morgan fingerprint density at radius 3 is 2.89 bits per heavy atom. The molecule has 18 heavy (non-hydrogen) atoms. The van der Waals surface area contributed by atoms with E-state index >= 15 is 0 Å². The number of methoxy groups -OCH3 is 1. The molecule has 1 fully saturated rings. The van der Waals surface area contributed by atoms with Crippen LogP contribution in [0.3, 0.4) is 0 Å². The second-order valence-electron chi connectivity index (χ2n) is 4.79. The fraction of sp³-hybridized carbons (Fsp3) is 0.538. The van der Waals surface area contributed by atoms with Crippen LogP contribution in [0.1, 0.15) is 30.1 Å². The van der Waals surface area contributed by atoms with Crippen molar-refractivity contribution in [2.45, 2.75) is 25.7 Å². The lowest BCUT2D eigenvalue weighted by molar-refractivity contribution is 0.412. The topological polar surface area (TPSA) is 51.5 Å². The molecule has 3 rings (SSSR count). The fourth-order valence-electron chi connectivity index (χ4n) is 2.61. The average Bonchev–Trinajstić information content (AvgIpc) is 2.78. The van der Waals surface area contributed by atoms with Gasteiger partial charge in [-0.15, -0.1) is 0 Å². The Hall–Kier alpha value is -1.62. The summed E-state index contributed by atoms with van der Waals surface area (Å²) in [5.74, 6) is 2.18. The van der Waals surface area contributed by atoms with E-state index in [2.05, 4.69) is 27.7 Å². The molecule has 1 aliphatic heterocycles. The summed E-state index contributed by atoms with van der Waals surface area (Å²) in [7, 11) is 1.69. The number of pyridine rings is 1. The van der Waals surface area contributed by atoms with Gasteiger partial charge in [0.25, 0.3) is 0 Å². The summed E-state index contributed by atoms with van der Waals surface area (Å²) in [6.45, 7) is 4.07. The standard InChI is InChI=1S/C13H18N4O/c1-9-15-13-12(18-2)7-11(8-17(13)16-9)10-3-5-14-6-4-10/h7-8,10,14H,3-6H2,1-2H3. The zero-order valence-electron chi connectivity index (χ0n) is 10.8. The molecule has 1 N–H and O–H groups in total. The SMILES string of the molecule is COc1cc(C2CCNCC2)cn2nc(C)nc12. The van der Waals surface area contributed by atoms with E-state index in [4.69, 9.17) is 4.74 Å². The van der Waals surface area contributed by atoms with Crippen molar-refractivity contribution in [2.24, 2.45) is 0 Å². The predicted octanol–water partition coefficient (Wildman–Crippen LogP) is 1.51. The number of rotatable bonds is 2. The van der Waals surface area contributed by atoms with E-state index in [1.807, 2.05) is 11.4 Å². The quantitative estimate of drug-likeness (QED) is 0.872. The van der Waals surface area contributed by atoms with Crippen molar-refractivity contribution < 1.29 is 4.74 Å². The molecule has 0 saturated carbocycles. The van der Waals surface area contributed by atoms with Crippen LogP contribution in [-0.4, -0.2) is 34.8 Å². The summed E-state index contributed by atoms with van der Waals surface area (Å²) < 4.78 is 7.27. The van der Waals surface area contributed by atoms with Gasteiger partial charge in [0.2, 0.25) is 0 Å². The second kappa shape index (κ2) is 4.57. The average molecular weight is 246 g/mol. The minimum atomic E-state index is 0.592. The van der Waals surface area contributed by atoms with Gasteiger partial charge in [0, 0.05) is 6.20 Å². The predicted molar refractivity (Wildman–Crippen MR) is 69.1 cm³/mol. The van der Waals surface area contributed by atoms with Crippen molar-refractivity contribution in [3.63, 3.8) is 0 Å². The van der Waals surface area contributed by atoms with Crippen molar-refractivity contribution in [2.75, 3.05) is 20.2 Å². The first-order valence-corrected chi connectivity index (χ1v) is 6.39. The number of hydrogen-bond acceptors (Lipinski definition) is 4. The maximum atomic E-state index is 5.43. The van der Waals surface area contributed by atoms with Gasteiger partial charge in [-0.05, 0) is 50.4 Å². The third-order valence-corrected chi connectivity index (χ3v) is 3.56. The lowest BCUT2D eigenvalue weighted by atomic mass is 9.91. The maximum Gasteiger partial charge on any atom is 0.198 e. The van der Waals surface area contributed by atoms with Crippen LogP contribution >= 0.6 is 0 Å². The molecule has 5 nitrogen and oxygen atoms in total. The highest BCUT2D eigenvalue weighted by atomic mass is 16.5. The molecular weight excluding hydrogens is 228 g/mol. The number of nitrogens with one attached hydrogen (secondary N) is 1. The van der Waals surface area contributed by atoms with Crippen LogP contribution in [0.4, 0.5) is 0 Å². The number of piperidine rings is 1. The third kappa shape index (κ3) is 1.95. The lowest BCUT2D eigenvalue weighted by Crippen LogP contribution is -2.26. The van der Waals surface area contributed by atoms with E-state index < -0.39 is 0 Å². The first-order chi connectivity index (χ1) is 8.78. The molecule has 0 aromatic carbocycles. The summed E-state index contributed by atoms with van der Waals surface area (Å²) in [4.78, 5) is 4.38. The molecule has 1 saturated heterocycles. The van der Waals surface area contributed by atoms with Gasteiger partial charge >= 0.3 is 0 Å². The van der Waals surface area contributed by atoms with E-state index in [1.165, 1.54) is 18.4 Å². The van der Waals surface area contributed by atoms with Gasteiger partial charge in [0.15, 0.2) is 11.4 Å². The molecule has 0 aliphatic carbocycles. The number of nitrogens with zero attached hydrogens (tertiary/aromatic N) is 3. The molecule has 96 valence electrons. The normalized spacial score (nSPS) is 17.2. The van der Waals surface area contributed by atoms with Gasteiger partial charge in [-0.1, -0.05) is 0 Å². The lowest BCUT2D eigenvalue weighted by Gasteiger charge is -2.23. The molecule has 0 amide bonds. The molecule has 2 aromatic rings. The molecule has 0 unspecified atom stereocenters. The minimum absolute atomic E-state index is 0.592. The van der Waals surface area contributed by atoms with E-state index in [-0.39, 0.29) is 0 Å². The Labute approximate surface area is 106 Å². The summed E-state index contributed by atoms with van der Waals surface area (Å²) in [5, 5.41) is 7.78. The Morgan fingerprint density at radius 1 is 1.39 bits per heavy atom. The highest BCUT2D eigenvalue weighted by molar-refractivity contribution is 5.54. The molecular formula is C13H18N4O. The third-order valence-electron chi connectivity index (χ3n) is 3.56. The molecule has 0 bridgehead atoms. The van der Waals surface area contributed by atoms with Crippen molar-refractivity contribution in [1.82, 2.24) is 19.9 Å². The Morgan fingerprint density at radius 2 is 2.17 bits per heavy atom. The minimum Gasteiger partial charge on any atom is -0.493 e. The Kier molecular flexibility index (Phi) is 2.91. The highest BCUT2D eigenvalue weighted by Gasteiger charge is 2.18. The molecule has 3 heterocycles. The van der Waals surface area contributed by atoms with Gasteiger partial charge in [-0.25, -0.2) is 9.50 Å². The van der Waals surface area contributed by atoms with Gasteiger partial charge in [0.1, 0.15) is 5.82 Å². The van der Waals surface area contributed by atoms with Crippen LogP contribution in [0, 0.1) is 6.92 Å². The molecule has 0 spiro atoms. The van der Waals surface area contributed by atoms with Crippen LogP contribution in [-0.2, 0) is 0 Å². The van der Waals surface area contributed by atoms with E-state index in [0.29, 0.717) is 5.92 Å². The van der Waals surface area contributed by atoms with Crippen molar-refractivity contribution in [3.8, 4) is 5.75 Å². The molecule has 2 aromatic heterocycles. The number of aromatic nitrogens is 3. The van der Waals surface area contributed by atoms with E-state index in [9.17, 15) is 0 Å².